The molecule has 114 valence electrons. The zero-order chi connectivity index (χ0) is 14.9. The van der Waals surface area contributed by atoms with Crippen molar-refractivity contribution in [2.24, 2.45) is 0 Å². The molecule has 1 aromatic rings. The first-order valence-electron chi connectivity index (χ1n) is 7.18. The third-order valence-corrected chi connectivity index (χ3v) is 7.58. The molecule has 1 saturated heterocycles. The highest BCUT2D eigenvalue weighted by molar-refractivity contribution is 7.89. The molecule has 1 fully saturated rings. The fraction of sp³-hybridized carbons (Fsp3) is 0.714. The van der Waals surface area contributed by atoms with Crippen molar-refractivity contribution in [2.75, 3.05) is 7.05 Å². The number of aryl methyl sites for hydroxylation is 1. The van der Waals surface area contributed by atoms with Gasteiger partial charge < -0.3 is 5.32 Å². The van der Waals surface area contributed by atoms with Crippen LogP contribution in [-0.2, 0) is 16.6 Å². The van der Waals surface area contributed by atoms with Crippen LogP contribution in [-0.4, -0.2) is 31.9 Å². The molecule has 4 nitrogen and oxygen atoms in total. The predicted molar refractivity (Wildman–Crippen MR) is 83.6 cm³/mol. The predicted octanol–water partition coefficient (Wildman–Crippen LogP) is 2.73. The van der Waals surface area contributed by atoms with Crippen molar-refractivity contribution in [2.45, 2.75) is 63.6 Å². The summed E-state index contributed by atoms with van der Waals surface area (Å²) < 4.78 is 27.9. The summed E-state index contributed by atoms with van der Waals surface area (Å²) in [5.41, 5.74) is 0.870. The molecule has 1 aliphatic heterocycles. The Morgan fingerprint density at radius 2 is 2.15 bits per heavy atom. The van der Waals surface area contributed by atoms with E-state index in [9.17, 15) is 8.42 Å². The molecule has 6 heteroatoms. The lowest BCUT2D eigenvalue weighted by atomic mass is 10.2. The highest BCUT2D eigenvalue weighted by Gasteiger charge is 2.40. The number of hydrogen-bond acceptors (Lipinski definition) is 4. The molecule has 0 bridgehead atoms. The van der Waals surface area contributed by atoms with Gasteiger partial charge in [-0.25, -0.2) is 8.42 Å². The molecule has 1 aliphatic rings. The lowest BCUT2D eigenvalue weighted by molar-refractivity contribution is 0.328. The molecule has 0 aliphatic carbocycles. The van der Waals surface area contributed by atoms with Crippen molar-refractivity contribution in [3.8, 4) is 0 Å². The monoisotopic (exact) mass is 316 g/mol. The maximum atomic E-state index is 13.1. The van der Waals surface area contributed by atoms with E-state index in [0.717, 1.165) is 29.7 Å². The molecular formula is C14H24N2O2S2. The summed E-state index contributed by atoms with van der Waals surface area (Å²) in [6.45, 7) is 6.59. The van der Waals surface area contributed by atoms with E-state index in [-0.39, 0.29) is 12.1 Å². The largest absolute Gasteiger partial charge is 0.315 e. The van der Waals surface area contributed by atoms with Crippen LogP contribution in [0.3, 0.4) is 0 Å². The van der Waals surface area contributed by atoms with Gasteiger partial charge in [0.15, 0.2) is 0 Å². The van der Waals surface area contributed by atoms with E-state index in [0.29, 0.717) is 11.4 Å². The zero-order valence-corrected chi connectivity index (χ0v) is 14.3. The van der Waals surface area contributed by atoms with Crippen molar-refractivity contribution >= 4 is 21.4 Å². The van der Waals surface area contributed by atoms with E-state index in [1.165, 1.54) is 11.3 Å². The molecule has 2 rings (SSSR count). The molecule has 2 unspecified atom stereocenters. The number of thiophene rings is 1. The molecule has 0 aromatic carbocycles. The fourth-order valence-electron chi connectivity index (χ4n) is 3.09. The maximum Gasteiger partial charge on any atom is 0.244 e. The van der Waals surface area contributed by atoms with Crippen LogP contribution in [0.2, 0.25) is 0 Å². The Morgan fingerprint density at radius 3 is 2.75 bits per heavy atom. The van der Waals surface area contributed by atoms with E-state index in [1.54, 1.807) is 4.31 Å². The van der Waals surface area contributed by atoms with E-state index in [1.807, 2.05) is 26.3 Å². The summed E-state index contributed by atoms with van der Waals surface area (Å²) in [7, 11) is -1.54. The number of hydrogen-bond donors (Lipinski definition) is 1. The first-order chi connectivity index (χ1) is 9.43. The van der Waals surface area contributed by atoms with Gasteiger partial charge in [-0.3, -0.25) is 0 Å². The van der Waals surface area contributed by atoms with Gasteiger partial charge in [-0.1, -0.05) is 6.92 Å². The third kappa shape index (κ3) is 2.66. The molecule has 20 heavy (non-hydrogen) atoms. The van der Waals surface area contributed by atoms with Gasteiger partial charge in [-0.2, -0.15) is 4.31 Å². The van der Waals surface area contributed by atoms with Crippen molar-refractivity contribution in [3.05, 3.63) is 15.8 Å². The highest BCUT2D eigenvalue weighted by Crippen LogP contribution is 2.36. The maximum absolute atomic E-state index is 13.1. The van der Waals surface area contributed by atoms with Crippen LogP contribution >= 0.6 is 11.3 Å². The number of nitrogens with zero attached hydrogens (tertiary/aromatic N) is 1. The second-order valence-corrected chi connectivity index (χ2v) is 8.27. The molecule has 1 aromatic heterocycles. The van der Waals surface area contributed by atoms with Crippen molar-refractivity contribution in [1.82, 2.24) is 9.62 Å². The average Bonchev–Trinajstić information content (AvgIpc) is 2.94. The first kappa shape index (κ1) is 15.9. The number of nitrogens with one attached hydrogen (secondary N) is 1. The Kier molecular flexibility index (Phi) is 4.89. The lowest BCUT2D eigenvalue weighted by Gasteiger charge is -2.27. The Balaban J connectivity index is 2.47. The minimum atomic E-state index is -3.39. The number of sulfonamides is 1. The van der Waals surface area contributed by atoms with E-state index < -0.39 is 10.0 Å². The van der Waals surface area contributed by atoms with Crippen LogP contribution in [0.15, 0.2) is 10.3 Å². The summed E-state index contributed by atoms with van der Waals surface area (Å²) in [5, 5.41) is 5.01. The van der Waals surface area contributed by atoms with Gasteiger partial charge in [0, 0.05) is 23.5 Å². The van der Waals surface area contributed by atoms with Gasteiger partial charge in [0.2, 0.25) is 10.0 Å². The van der Waals surface area contributed by atoms with Crippen molar-refractivity contribution < 1.29 is 8.42 Å². The second-order valence-electron chi connectivity index (χ2n) is 5.52. The quantitative estimate of drug-likeness (QED) is 0.908. The molecule has 1 N–H and O–H groups in total. The molecule has 0 amide bonds. The molecule has 2 atom stereocenters. The highest BCUT2D eigenvalue weighted by atomic mass is 32.2. The van der Waals surface area contributed by atoms with Crippen LogP contribution in [0, 0.1) is 6.92 Å². The summed E-state index contributed by atoms with van der Waals surface area (Å²) in [6, 6.07) is 0.253. The molecule has 0 radical (unpaired) electrons. The first-order valence-corrected chi connectivity index (χ1v) is 9.50. The fourth-order valence-corrected chi connectivity index (χ4v) is 6.82. The van der Waals surface area contributed by atoms with Gasteiger partial charge in [-0.15, -0.1) is 11.3 Å². The van der Waals surface area contributed by atoms with Crippen LogP contribution in [0.4, 0.5) is 0 Å². The normalized spacial score (nSPS) is 24.4. The molecule has 0 saturated carbocycles. The van der Waals surface area contributed by atoms with Crippen molar-refractivity contribution in [3.63, 3.8) is 0 Å². The van der Waals surface area contributed by atoms with E-state index >= 15 is 0 Å². The minimum Gasteiger partial charge on any atom is -0.315 e. The van der Waals surface area contributed by atoms with Crippen LogP contribution in [0.1, 0.15) is 43.6 Å². The van der Waals surface area contributed by atoms with Crippen LogP contribution in [0.25, 0.3) is 0 Å². The Hall–Kier alpha value is -0.430. The SMILES string of the molecule is CCC1CCC(C)N1S(=O)(=O)c1c(C)csc1CNC. The van der Waals surface area contributed by atoms with Gasteiger partial charge >= 0.3 is 0 Å². The standard InChI is InChI=1S/C14H24N2O2S2/c1-5-12-7-6-11(3)16(12)20(17,18)14-10(2)9-19-13(14)8-15-4/h9,11-12,15H,5-8H2,1-4H3. The Labute approximate surface area is 126 Å². The molecular weight excluding hydrogens is 292 g/mol. The van der Waals surface area contributed by atoms with Gasteiger partial charge in [-0.05, 0) is 51.1 Å². The lowest BCUT2D eigenvalue weighted by Crippen LogP contribution is -2.40. The van der Waals surface area contributed by atoms with Crippen molar-refractivity contribution in [1.29, 1.82) is 0 Å². The average molecular weight is 316 g/mol. The van der Waals surface area contributed by atoms with Crippen LogP contribution in [0.5, 0.6) is 0 Å². The summed E-state index contributed by atoms with van der Waals surface area (Å²) in [6.07, 6.45) is 2.82. The van der Waals surface area contributed by atoms with Gasteiger partial charge in [0.25, 0.3) is 0 Å². The topological polar surface area (TPSA) is 49.4 Å². The minimum absolute atomic E-state index is 0.103. The van der Waals surface area contributed by atoms with E-state index in [2.05, 4.69) is 12.2 Å². The van der Waals surface area contributed by atoms with Gasteiger partial charge in [0.1, 0.15) is 4.90 Å². The number of rotatable bonds is 5. The summed E-state index contributed by atoms with van der Waals surface area (Å²) in [5.74, 6) is 0. The Bertz CT molecular complexity index is 566. The van der Waals surface area contributed by atoms with E-state index in [4.69, 9.17) is 0 Å². The Morgan fingerprint density at radius 1 is 1.45 bits per heavy atom. The summed E-state index contributed by atoms with van der Waals surface area (Å²) in [4.78, 5) is 1.45. The zero-order valence-electron chi connectivity index (χ0n) is 12.6. The second kappa shape index (κ2) is 6.13. The molecule has 0 spiro atoms. The van der Waals surface area contributed by atoms with Crippen LogP contribution < -0.4 is 5.32 Å². The van der Waals surface area contributed by atoms with Gasteiger partial charge in [0.05, 0.1) is 0 Å². The molecule has 2 heterocycles. The smallest absolute Gasteiger partial charge is 0.244 e. The summed E-state index contributed by atoms with van der Waals surface area (Å²) >= 11 is 1.53. The third-order valence-electron chi connectivity index (χ3n) is 4.05.